The van der Waals surface area contributed by atoms with Crippen molar-refractivity contribution in [2.75, 3.05) is 32.1 Å². The van der Waals surface area contributed by atoms with Crippen LogP contribution in [-0.2, 0) is 4.74 Å². The molecular formula is C14H21N3O2. The summed E-state index contributed by atoms with van der Waals surface area (Å²) in [4.78, 5) is 18.3. The number of nitrogens with one attached hydrogen (secondary N) is 1. The van der Waals surface area contributed by atoms with E-state index in [1.54, 1.807) is 18.3 Å². The number of esters is 1. The van der Waals surface area contributed by atoms with Crippen LogP contribution in [0.5, 0.6) is 0 Å². The highest BCUT2D eigenvalue weighted by Gasteiger charge is 2.22. The van der Waals surface area contributed by atoms with Crippen molar-refractivity contribution in [3.05, 3.63) is 23.9 Å². The Kier molecular flexibility index (Phi) is 4.74. The Labute approximate surface area is 114 Å². The average molecular weight is 263 g/mol. The van der Waals surface area contributed by atoms with Crippen LogP contribution in [0.3, 0.4) is 0 Å². The van der Waals surface area contributed by atoms with Crippen molar-refractivity contribution in [3.8, 4) is 0 Å². The number of anilines is 1. The van der Waals surface area contributed by atoms with Crippen molar-refractivity contribution in [2.45, 2.75) is 25.3 Å². The molecule has 0 aromatic carbocycles. The number of nitrogens with zero attached hydrogens (tertiary/aromatic N) is 2. The van der Waals surface area contributed by atoms with E-state index in [1.807, 2.05) is 7.05 Å². The molecule has 0 amide bonds. The lowest BCUT2D eigenvalue weighted by Gasteiger charge is -2.29. The predicted octanol–water partition coefficient (Wildman–Crippen LogP) is 1.45. The molecule has 1 saturated heterocycles. The molecule has 0 radical (unpaired) electrons. The SMILES string of the molecule is COC(=O)c1cccnc1N(C)C1CCCNCC1. The molecule has 0 saturated carbocycles. The number of ether oxygens (including phenoxy) is 1. The van der Waals surface area contributed by atoms with Crippen LogP contribution in [0.25, 0.3) is 0 Å². The second-order valence-corrected chi connectivity index (χ2v) is 4.81. The van der Waals surface area contributed by atoms with Gasteiger partial charge in [-0.15, -0.1) is 0 Å². The van der Waals surface area contributed by atoms with Crippen molar-refractivity contribution < 1.29 is 9.53 Å². The van der Waals surface area contributed by atoms with Gasteiger partial charge in [0.15, 0.2) is 0 Å². The summed E-state index contributed by atoms with van der Waals surface area (Å²) in [6, 6.07) is 3.94. The summed E-state index contributed by atoms with van der Waals surface area (Å²) in [7, 11) is 3.40. The molecule has 1 aliphatic rings. The number of rotatable bonds is 3. The van der Waals surface area contributed by atoms with Gasteiger partial charge in [0, 0.05) is 19.3 Å². The largest absolute Gasteiger partial charge is 0.465 e. The maximum absolute atomic E-state index is 11.8. The molecule has 5 heteroatoms. The highest BCUT2D eigenvalue weighted by molar-refractivity contribution is 5.94. The molecule has 104 valence electrons. The quantitative estimate of drug-likeness (QED) is 0.836. The number of pyridine rings is 1. The van der Waals surface area contributed by atoms with Crippen molar-refractivity contribution in [1.29, 1.82) is 0 Å². The number of carbonyl (C=O) groups is 1. The third kappa shape index (κ3) is 3.23. The molecule has 1 N–H and O–H groups in total. The Morgan fingerprint density at radius 1 is 1.47 bits per heavy atom. The first-order chi connectivity index (χ1) is 9.24. The van der Waals surface area contributed by atoms with Gasteiger partial charge in [-0.2, -0.15) is 0 Å². The molecule has 2 rings (SSSR count). The summed E-state index contributed by atoms with van der Waals surface area (Å²) in [5, 5.41) is 3.39. The number of hydrogen-bond acceptors (Lipinski definition) is 5. The summed E-state index contributed by atoms with van der Waals surface area (Å²) in [5.41, 5.74) is 0.532. The monoisotopic (exact) mass is 263 g/mol. The fourth-order valence-electron chi connectivity index (χ4n) is 2.51. The Hall–Kier alpha value is -1.62. The van der Waals surface area contributed by atoms with E-state index >= 15 is 0 Å². The second kappa shape index (κ2) is 6.52. The summed E-state index contributed by atoms with van der Waals surface area (Å²) in [6.45, 7) is 2.08. The van der Waals surface area contributed by atoms with Crippen LogP contribution in [0.15, 0.2) is 18.3 Å². The first kappa shape index (κ1) is 13.8. The van der Waals surface area contributed by atoms with E-state index in [1.165, 1.54) is 7.11 Å². The smallest absolute Gasteiger partial charge is 0.341 e. The number of methoxy groups -OCH3 is 1. The Balaban J connectivity index is 2.22. The van der Waals surface area contributed by atoms with E-state index < -0.39 is 0 Å². The van der Waals surface area contributed by atoms with Gasteiger partial charge in [-0.25, -0.2) is 9.78 Å². The van der Waals surface area contributed by atoms with Crippen molar-refractivity contribution in [1.82, 2.24) is 10.3 Å². The van der Waals surface area contributed by atoms with Gasteiger partial charge >= 0.3 is 5.97 Å². The zero-order chi connectivity index (χ0) is 13.7. The molecule has 1 aliphatic heterocycles. The highest BCUT2D eigenvalue weighted by Crippen LogP contribution is 2.22. The molecular weight excluding hydrogens is 242 g/mol. The average Bonchev–Trinajstić information content (AvgIpc) is 2.74. The standard InChI is InChI=1S/C14H21N3O2/c1-17(11-5-3-8-15-10-7-11)13-12(14(18)19-2)6-4-9-16-13/h4,6,9,11,15H,3,5,7-8,10H2,1-2H3. The van der Waals surface area contributed by atoms with Crippen LogP contribution >= 0.6 is 0 Å². The number of carbonyl (C=O) groups excluding carboxylic acids is 1. The molecule has 2 heterocycles. The maximum atomic E-state index is 11.8. The Morgan fingerprint density at radius 2 is 2.32 bits per heavy atom. The van der Waals surface area contributed by atoms with Gasteiger partial charge in [0.05, 0.1) is 7.11 Å². The molecule has 1 atom stereocenters. The lowest BCUT2D eigenvalue weighted by molar-refractivity contribution is 0.0601. The van der Waals surface area contributed by atoms with Crippen LogP contribution in [0.4, 0.5) is 5.82 Å². The predicted molar refractivity (Wildman–Crippen MR) is 74.5 cm³/mol. The van der Waals surface area contributed by atoms with E-state index in [9.17, 15) is 4.79 Å². The van der Waals surface area contributed by atoms with Gasteiger partial charge in [-0.3, -0.25) is 0 Å². The summed E-state index contributed by atoms with van der Waals surface area (Å²) < 4.78 is 4.82. The third-order valence-corrected chi connectivity index (χ3v) is 3.62. The molecule has 19 heavy (non-hydrogen) atoms. The molecule has 0 aliphatic carbocycles. The van der Waals surface area contributed by atoms with Crippen molar-refractivity contribution in [2.24, 2.45) is 0 Å². The zero-order valence-electron chi connectivity index (χ0n) is 11.6. The highest BCUT2D eigenvalue weighted by atomic mass is 16.5. The molecule has 1 aromatic rings. The normalized spacial score (nSPS) is 19.6. The number of aromatic nitrogens is 1. The molecule has 0 bridgehead atoms. The number of hydrogen-bond donors (Lipinski definition) is 1. The first-order valence-corrected chi connectivity index (χ1v) is 6.71. The topological polar surface area (TPSA) is 54.5 Å². The van der Waals surface area contributed by atoms with Gasteiger partial charge < -0.3 is 15.0 Å². The molecule has 5 nitrogen and oxygen atoms in total. The molecule has 0 spiro atoms. The minimum atomic E-state index is -0.332. The van der Waals surface area contributed by atoms with Crippen LogP contribution in [0.2, 0.25) is 0 Å². The van der Waals surface area contributed by atoms with E-state index in [0.29, 0.717) is 17.4 Å². The van der Waals surface area contributed by atoms with Gasteiger partial charge in [0.25, 0.3) is 0 Å². The minimum Gasteiger partial charge on any atom is -0.465 e. The van der Waals surface area contributed by atoms with Gasteiger partial charge in [-0.05, 0) is 44.5 Å². The van der Waals surface area contributed by atoms with Crippen molar-refractivity contribution >= 4 is 11.8 Å². The third-order valence-electron chi connectivity index (χ3n) is 3.62. The van der Waals surface area contributed by atoms with E-state index in [-0.39, 0.29) is 5.97 Å². The fraction of sp³-hybridized carbons (Fsp3) is 0.571. The Morgan fingerprint density at radius 3 is 3.11 bits per heavy atom. The first-order valence-electron chi connectivity index (χ1n) is 6.71. The lowest BCUT2D eigenvalue weighted by atomic mass is 10.1. The summed E-state index contributed by atoms with van der Waals surface area (Å²) >= 11 is 0. The zero-order valence-corrected chi connectivity index (χ0v) is 11.6. The minimum absolute atomic E-state index is 0.332. The van der Waals surface area contributed by atoms with Crippen LogP contribution in [-0.4, -0.2) is 44.2 Å². The van der Waals surface area contributed by atoms with Gasteiger partial charge in [-0.1, -0.05) is 0 Å². The van der Waals surface area contributed by atoms with E-state index in [2.05, 4.69) is 15.2 Å². The Bertz CT molecular complexity index is 428. The molecule has 1 aromatic heterocycles. The lowest BCUT2D eigenvalue weighted by Crippen LogP contribution is -2.34. The van der Waals surface area contributed by atoms with Crippen LogP contribution in [0, 0.1) is 0 Å². The molecule has 1 fully saturated rings. The van der Waals surface area contributed by atoms with E-state index in [4.69, 9.17) is 4.74 Å². The van der Waals surface area contributed by atoms with Crippen LogP contribution in [0.1, 0.15) is 29.6 Å². The summed E-state index contributed by atoms with van der Waals surface area (Å²) in [5.74, 6) is 0.378. The molecule has 1 unspecified atom stereocenters. The second-order valence-electron chi connectivity index (χ2n) is 4.81. The van der Waals surface area contributed by atoms with E-state index in [0.717, 1.165) is 32.4 Å². The maximum Gasteiger partial charge on any atom is 0.341 e. The van der Waals surface area contributed by atoms with Crippen molar-refractivity contribution in [3.63, 3.8) is 0 Å². The van der Waals surface area contributed by atoms with Gasteiger partial charge in [0.1, 0.15) is 11.4 Å². The van der Waals surface area contributed by atoms with Crippen LogP contribution < -0.4 is 10.2 Å². The summed E-state index contributed by atoms with van der Waals surface area (Å²) in [6.07, 6.45) is 5.04. The fourth-order valence-corrected chi connectivity index (χ4v) is 2.51. The van der Waals surface area contributed by atoms with Gasteiger partial charge in [0.2, 0.25) is 0 Å².